The summed E-state index contributed by atoms with van der Waals surface area (Å²) in [5, 5.41) is 3.21. The highest BCUT2D eigenvalue weighted by Crippen LogP contribution is 2.37. The van der Waals surface area contributed by atoms with Crippen LogP contribution in [-0.4, -0.2) is 66.0 Å². The van der Waals surface area contributed by atoms with Gasteiger partial charge in [0, 0.05) is 32.2 Å². The van der Waals surface area contributed by atoms with Gasteiger partial charge in [-0.1, -0.05) is 57.6 Å². The Morgan fingerprint density at radius 1 is 0.929 bits per heavy atom. The maximum absolute atomic E-state index is 13.8. The van der Waals surface area contributed by atoms with Crippen molar-refractivity contribution in [3.63, 3.8) is 0 Å². The molecule has 1 atom stereocenters. The number of likely N-dealkylation sites (tertiary alicyclic amines) is 1. The highest BCUT2D eigenvalue weighted by Gasteiger charge is 2.53. The molecule has 2 saturated heterocycles. The molecule has 1 spiro atoms. The number of unbranched alkanes of at least 4 members (excludes halogenated alkanes) is 1. The number of benzene rings is 2. The molecule has 0 aromatic heterocycles. The van der Waals surface area contributed by atoms with Crippen molar-refractivity contribution in [2.45, 2.75) is 89.3 Å². The van der Waals surface area contributed by atoms with Crippen molar-refractivity contribution in [2.24, 2.45) is 5.92 Å². The van der Waals surface area contributed by atoms with Crippen LogP contribution in [0.1, 0.15) is 76.7 Å². The lowest BCUT2D eigenvalue weighted by atomic mass is 9.79. The van der Waals surface area contributed by atoms with E-state index in [1.807, 2.05) is 35.2 Å². The Labute approximate surface area is 249 Å². The summed E-state index contributed by atoms with van der Waals surface area (Å²) >= 11 is 0. The summed E-state index contributed by atoms with van der Waals surface area (Å²) in [6, 6.07) is 13.4. The number of amides is 2. The second kappa shape index (κ2) is 12.9. The van der Waals surface area contributed by atoms with Crippen molar-refractivity contribution in [1.29, 1.82) is 0 Å². The number of ether oxygens (including phenoxy) is 3. The molecule has 0 radical (unpaired) electrons. The van der Waals surface area contributed by atoms with E-state index >= 15 is 0 Å². The predicted molar refractivity (Wildman–Crippen MR) is 161 cm³/mol. The van der Waals surface area contributed by atoms with Crippen LogP contribution in [-0.2, 0) is 16.1 Å². The van der Waals surface area contributed by atoms with Crippen molar-refractivity contribution >= 4 is 11.8 Å². The number of piperazine rings is 1. The van der Waals surface area contributed by atoms with Crippen LogP contribution in [0.4, 0.5) is 0 Å². The van der Waals surface area contributed by atoms with Crippen LogP contribution in [0, 0.1) is 5.92 Å². The van der Waals surface area contributed by atoms with E-state index in [1.54, 1.807) is 0 Å². The van der Waals surface area contributed by atoms with Crippen molar-refractivity contribution in [1.82, 2.24) is 15.1 Å². The van der Waals surface area contributed by atoms with Gasteiger partial charge in [0.05, 0.1) is 0 Å². The van der Waals surface area contributed by atoms with E-state index < -0.39 is 5.54 Å². The molecule has 3 aliphatic heterocycles. The minimum absolute atomic E-state index is 0.0688. The second-order valence-electron chi connectivity index (χ2n) is 12.5. The molecule has 0 unspecified atom stereocenters. The molecule has 226 valence electrons. The third-order valence-electron chi connectivity index (χ3n) is 9.60. The fourth-order valence-electron chi connectivity index (χ4n) is 7.15. The minimum Gasteiger partial charge on any atom is -0.486 e. The van der Waals surface area contributed by atoms with Gasteiger partial charge in [0.15, 0.2) is 11.5 Å². The van der Waals surface area contributed by atoms with Crippen molar-refractivity contribution < 1.29 is 23.8 Å². The van der Waals surface area contributed by atoms with Gasteiger partial charge in [-0.3, -0.25) is 14.5 Å². The first kappa shape index (κ1) is 28.8. The maximum Gasteiger partial charge on any atom is 0.246 e. The summed E-state index contributed by atoms with van der Waals surface area (Å²) in [7, 11) is 0. The zero-order chi connectivity index (χ0) is 28.9. The molecule has 2 aromatic rings. The van der Waals surface area contributed by atoms with Gasteiger partial charge in [-0.05, 0) is 61.4 Å². The molecule has 3 heterocycles. The normalized spacial score (nSPS) is 22.7. The molecule has 8 heteroatoms. The Bertz CT molecular complexity index is 1230. The molecule has 1 N–H and O–H groups in total. The quantitative estimate of drug-likeness (QED) is 0.414. The van der Waals surface area contributed by atoms with Gasteiger partial charge < -0.3 is 24.4 Å². The number of hydrogen-bond acceptors (Lipinski definition) is 6. The van der Waals surface area contributed by atoms with Crippen LogP contribution in [0.15, 0.2) is 42.5 Å². The predicted octanol–water partition coefficient (Wildman–Crippen LogP) is 5.68. The summed E-state index contributed by atoms with van der Waals surface area (Å²) in [4.78, 5) is 31.9. The van der Waals surface area contributed by atoms with Crippen molar-refractivity contribution in [3.8, 4) is 23.0 Å². The van der Waals surface area contributed by atoms with E-state index in [2.05, 4.69) is 29.3 Å². The first-order chi connectivity index (χ1) is 20.5. The number of piperidine rings is 1. The molecule has 0 bridgehead atoms. The smallest absolute Gasteiger partial charge is 0.246 e. The van der Waals surface area contributed by atoms with Gasteiger partial charge >= 0.3 is 0 Å². The Hall–Kier alpha value is -3.26. The lowest BCUT2D eigenvalue weighted by Crippen LogP contribution is -2.73. The van der Waals surface area contributed by atoms with Crippen LogP contribution < -0.4 is 19.5 Å². The van der Waals surface area contributed by atoms with E-state index in [4.69, 9.17) is 14.2 Å². The van der Waals surface area contributed by atoms with Crippen molar-refractivity contribution in [2.75, 3.05) is 32.8 Å². The molecule has 2 aromatic carbocycles. The summed E-state index contributed by atoms with van der Waals surface area (Å²) in [5.74, 6) is 3.70. The molecule has 3 fully saturated rings. The number of nitrogens with one attached hydrogen (secondary N) is 1. The zero-order valence-corrected chi connectivity index (χ0v) is 24.9. The fraction of sp³-hybridized carbons (Fsp3) is 0.588. The number of nitrogens with zero attached hydrogens (tertiary/aromatic N) is 2. The third kappa shape index (κ3) is 6.24. The zero-order valence-electron chi connectivity index (χ0n) is 24.9. The van der Waals surface area contributed by atoms with Gasteiger partial charge in [0.1, 0.15) is 36.3 Å². The summed E-state index contributed by atoms with van der Waals surface area (Å²) in [6.07, 6.45) is 10.2. The summed E-state index contributed by atoms with van der Waals surface area (Å²) in [6.45, 7) is 6.30. The van der Waals surface area contributed by atoms with Gasteiger partial charge in [-0.15, -0.1) is 0 Å². The van der Waals surface area contributed by atoms with E-state index in [-0.39, 0.29) is 17.9 Å². The van der Waals surface area contributed by atoms with Gasteiger partial charge in [-0.2, -0.15) is 0 Å². The summed E-state index contributed by atoms with van der Waals surface area (Å²) < 4.78 is 17.3. The Morgan fingerprint density at radius 2 is 1.64 bits per heavy atom. The number of carbonyl (C=O) groups is 2. The molecule has 4 aliphatic rings. The standard InChI is InChI=1S/C34H45N3O5/c1-2-3-17-37-32(38)29(22-25-7-5-4-6-8-25)35-33(39)34(37)15-18-36(19-16-34)24-26-9-11-27(12-10-26)42-28-13-14-30-31(23-28)41-21-20-40-30/h9-14,23,25,29H,2-8,15-22,24H2,1H3,(H,35,39)/t29-/m0/s1. The minimum atomic E-state index is -0.715. The third-order valence-corrected chi connectivity index (χ3v) is 9.60. The van der Waals surface area contributed by atoms with E-state index in [9.17, 15) is 9.59 Å². The van der Waals surface area contributed by atoms with Crippen LogP contribution in [0.2, 0.25) is 0 Å². The van der Waals surface area contributed by atoms with Crippen molar-refractivity contribution in [3.05, 3.63) is 48.0 Å². The average molecular weight is 576 g/mol. The molecule has 8 nitrogen and oxygen atoms in total. The van der Waals surface area contributed by atoms with Crippen LogP contribution in [0.25, 0.3) is 0 Å². The highest BCUT2D eigenvalue weighted by molar-refractivity contribution is 6.00. The van der Waals surface area contributed by atoms with Gasteiger partial charge in [0.2, 0.25) is 11.8 Å². The number of hydrogen-bond donors (Lipinski definition) is 1. The van der Waals surface area contributed by atoms with Crippen LogP contribution in [0.3, 0.4) is 0 Å². The van der Waals surface area contributed by atoms with Crippen LogP contribution in [0.5, 0.6) is 23.0 Å². The van der Waals surface area contributed by atoms with E-state index in [0.29, 0.717) is 50.0 Å². The molecule has 1 saturated carbocycles. The second-order valence-corrected chi connectivity index (χ2v) is 12.5. The Kier molecular flexibility index (Phi) is 8.89. The van der Waals surface area contributed by atoms with Crippen LogP contribution >= 0.6 is 0 Å². The monoisotopic (exact) mass is 575 g/mol. The molecule has 1 aliphatic carbocycles. The molecular formula is C34H45N3O5. The topological polar surface area (TPSA) is 80.3 Å². The Balaban J connectivity index is 1.06. The van der Waals surface area contributed by atoms with E-state index in [0.717, 1.165) is 50.4 Å². The summed E-state index contributed by atoms with van der Waals surface area (Å²) in [5.41, 5.74) is 0.479. The first-order valence-corrected chi connectivity index (χ1v) is 16.1. The molecular weight excluding hydrogens is 530 g/mol. The highest BCUT2D eigenvalue weighted by atomic mass is 16.6. The van der Waals surface area contributed by atoms with Gasteiger partial charge in [-0.25, -0.2) is 0 Å². The van der Waals surface area contributed by atoms with E-state index in [1.165, 1.54) is 37.7 Å². The fourth-order valence-corrected chi connectivity index (χ4v) is 7.15. The average Bonchev–Trinajstić information content (AvgIpc) is 3.02. The lowest BCUT2D eigenvalue weighted by Gasteiger charge is -2.52. The first-order valence-electron chi connectivity index (χ1n) is 16.1. The number of fused-ring (bicyclic) bond motifs is 1. The SMILES string of the molecule is CCCCN1C(=O)[C@H](CC2CCCCC2)NC(=O)C12CCN(Cc1ccc(Oc3ccc4c(c3)OCCO4)cc1)CC2. The maximum atomic E-state index is 13.8. The Morgan fingerprint density at radius 3 is 2.38 bits per heavy atom. The largest absolute Gasteiger partial charge is 0.486 e. The number of carbonyl (C=O) groups excluding carboxylic acids is 2. The molecule has 6 rings (SSSR count). The molecule has 2 amide bonds. The lowest BCUT2D eigenvalue weighted by molar-refractivity contribution is -0.162. The molecule has 42 heavy (non-hydrogen) atoms. The number of rotatable bonds is 9. The van der Waals surface area contributed by atoms with Gasteiger partial charge in [0.25, 0.3) is 0 Å².